The number of piperidine rings is 4. The molecule has 0 spiro atoms. The summed E-state index contributed by atoms with van der Waals surface area (Å²) in [6, 6.07) is 16.9. The number of nitrogens with zero attached hydrogens (tertiary/aromatic N) is 4. The smallest absolute Gasteiger partial charge is 0.243 e. The number of rotatable bonds is 8. The van der Waals surface area contributed by atoms with Crippen LogP contribution in [0.5, 0.6) is 5.75 Å². The van der Waals surface area contributed by atoms with Gasteiger partial charge in [0.1, 0.15) is 5.75 Å². The molecule has 264 valence electrons. The van der Waals surface area contributed by atoms with Crippen LogP contribution in [0, 0.1) is 18.3 Å². The molecule has 2 aromatic rings. The average molecular weight is 699 g/mol. The Bertz CT molecular complexity index is 1540. The predicted molar refractivity (Wildman–Crippen MR) is 191 cm³/mol. The van der Waals surface area contributed by atoms with Crippen LogP contribution in [-0.4, -0.2) is 106 Å². The van der Waals surface area contributed by atoms with E-state index >= 15 is 0 Å². The van der Waals surface area contributed by atoms with Gasteiger partial charge < -0.3 is 9.64 Å². The van der Waals surface area contributed by atoms with Crippen molar-refractivity contribution in [3.63, 3.8) is 0 Å². The maximum atomic E-state index is 12.8. The molecule has 11 heteroatoms. The van der Waals surface area contributed by atoms with Crippen molar-refractivity contribution in [3.8, 4) is 18.1 Å². The second kappa shape index (κ2) is 17.0. The number of hydrogen-bond donors (Lipinski definition) is 0. The fourth-order valence-corrected chi connectivity index (χ4v) is 10.7. The first-order valence-electron chi connectivity index (χ1n) is 17.8. The first kappa shape index (κ1) is 36.8. The third kappa shape index (κ3) is 9.01. The molecule has 0 aromatic heterocycles. The molecule has 2 aromatic carbocycles. The highest BCUT2D eigenvalue weighted by Crippen LogP contribution is 2.30. The fraction of sp³-hybridized carbons (Fsp3) is 0.622. The quantitative estimate of drug-likeness (QED) is 0.346. The van der Waals surface area contributed by atoms with Gasteiger partial charge in [0.2, 0.25) is 20.0 Å². The summed E-state index contributed by atoms with van der Waals surface area (Å²) in [4.78, 5) is 5.87. The zero-order valence-corrected chi connectivity index (χ0v) is 30.4. The molecule has 0 N–H and O–H groups in total. The first-order valence-corrected chi connectivity index (χ1v) is 20.6. The maximum Gasteiger partial charge on any atom is 0.243 e. The number of hydrogen-bond acceptors (Lipinski definition) is 7. The fourth-order valence-electron chi connectivity index (χ4n) is 7.75. The van der Waals surface area contributed by atoms with Crippen molar-refractivity contribution in [2.45, 2.75) is 99.0 Å². The Hall–Kier alpha value is -2.46. The van der Waals surface area contributed by atoms with Gasteiger partial charge in [-0.15, -0.1) is 12.3 Å². The standard InChI is InChI=1S/C19H26N2O2S.C18H28N2O3S/c1-2-8-17-9-6-7-14-21(17)18-12-15-20(16-13-18)24(22,23)19-10-4-3-5-11-19;1-15-7-11-19(12-8-15)16-9-13-20(14-10-16)24(21,22)18-5-3-17(23-2)4-6-18/h1,3-5,10-11,17-18H,6-9,12-16H2;3-6,15-16H,7-14H2,1-2H3. The van der Waals surface area contributed by atoms with E-state index in [1.165, 1.54) is 32.1 Å². The van der Waals surface area contributed by atoms with E-state index in [0.717, 1.165) is 57.7 Å². The number of benzene rings is 2. The molecule has 9 nitrogen and oxygen atoms in total. The lowest BCUT2D eigenvalue weighted by molar-refractivity contribution is 0.0674. The van der Waals surface area contributed by atoms with Gasteiger partial charge >= 0.3 is 0 Å². The first-order chi connectivity index (χ1) is 23.1. The zero-order valence-electron chi connectivity index (χ0n) is 28.8. The Kier molecular flexibility index (Phi) is 13.0. The van der Waals surface area contributed by atoms with Crippen LogP contribution in [0.3, 0.4) is 0 Å². The molecule has 1 unspecified atom stereocenters. The molecule has 0 radical (unpaired) electrons. The zero-order chi connectivity index (χ0) is 34.1. The van der Waals surface area contributed by atoms with Crippen LogP contribution in [0.15, 0.2) is 64.4 Å². The van der Waals surface area contributed by atoms with Gasteiger partial charge in [0.15, 0.2) is 0 Å². The Morgan fingerprint density at radius 1 is 0.688 bits per heavy atom. The highest BCUT2D eigenvalue weighted by atomic mass is 32.2. The van der Waals surface area contributed by atoms with Crippen molar-refractivity contribution in [2.24, 2.45) is 5.92 Å². The molecular weight excluding hydrogens is 645 g/mol. The van der Waals surface area contributed by atoms with E-state index in [1.807, 2.05) is 6.07 Å². The number of sulfonamides is 2. The summed E-state index contributed by atoms with van der Waals surface area (Å²) in [6.45, 7) is 8.18. The second-order valence-corrected chi connectivity index (χ2v) is 17.6. The van der Waals surface area contributed by atoms with E-state index in [9.17, 15) is 16.8 Å². The molecule has 0 saturated carbocycles. The molecule has 4 heterocycles. The van der Waals surface area contributed by atoms with Gasteiger partial charge in [-0.05, 0) is 113 Å². The Morgan fingerprint density at radius 2 is 1.23 bits per heavy atom. The summed E-state index contributed by atoms with van der Waals surface area (Å²) in [5.74, 6) is 4.32. The SMILES string of the molecule is C#CCC1CCCCN1C1CCN(S(=O)(=O)c2ccccc2)CC1.COc1ccc(S(=O)(=O)N2CCC(N3CCC(C)CC3)CC2)cc1. The molecule has 4 aliphatic rings. The van der Waals surface area contributed by atoms with Crippen molar-refractivity contribution < 1.29 is 21.6 Å². The van der Waals surface area contributed by atoms with Crippen LogP contribution in [0.2, 0.25) is 0 Å². The van der Waals surface area contributed by atoms with E-state index in [1.54, 1.807) is 64.3 Å². The van der Waals surface area contributed by atoms with Gasteiger partial charge in [0.25, 0.3) is 0 Å². The van der Waals surface area contributed by atoms with Gasteiger partial charge in [-0.1, -0.05) is 31.5 Å². The van der Waals surface area contributed by atoms with Gasteiger partial charge in [-0.3, -0.25) is 4.90 Å². The minimum atomic E-state index is -3.39. The van der Waals surface area contributed by atoms with Crippen molar-refractivity contribution in [3.05, 3.63) is 54.6 Å². The lowest BCUT2D eigenvalue weighted by atomic mass is 9.94. The summed E-state index contributed by atoms with van der Waals surface area (Å²) < 4.78 is 59.4. The van der Waals surface area contributed by atoms with Crippen LogP contribution in [0.25, 0.3) is 0 Å². The Morgan fingerprint density at radius 3 is 1.77 bits per heavy atom. The van der Waals surface area contributed by atoms with Crippen molar-refractivity contribution in [1.29, 1.82) is 0 Å². The van der Waals surface area contributed by atoms with Crippen molar-refractivity contribution in [2.75, 3.05) is 52.9 Å². The summed E-state index contributed by atoms with van der Waals surface area (Å²) in [5, 5.41) is 0. The van der Waals surface area contributed by atoms with E-state index in [2.05, 4.69) is 22.6 Å². The van der Waals surface area contributed by atoms with Gasteiger partial charge in [0, 0.05) is 50.7 Å². The Balaban J connectivity index is 0.000000188. The monoisotopic (exact) mass is 698 g/mol. The lowest BCUT2D eigenvalue weighted by Gasteiger charge is -2.44. The topological polar surface area (TPSA) is 90.5 Å². The summed E-state index contributed by atoms with van der Waals surface area (Å²) in [6.07, 6.45) is 16.2. The van der Waals surface area contributed by atoms with Crippen LogP contribution < -0.4 is 4.74 Å². The molecule has 6 rings (SSSR count). The Labute approximate surface area is 289 Å². The van der Waals surface area contributed by atoms with Crippen molar-refractivity contribution in [1.82, 2.24) is 18.4 Å². The number of ether oxygens (including phenoxy) is 1. The largest absolute Gasteiger partial charge is 0.497 e. The number of terminal acetylenes is 1. The molecule has 0 aliphatic carbocycles. The second-order valence-electron chi connectivity index (χ2n) is 13.8. The van der Waals surface area contributed by atoms with Gasteiger partial charge in [-0.25, -0.2) is 16.8 Å². The van der Waals surface area contributed by atoms with Gasteiger partial charge in [0.05, 0.1) is 16.9 Å². The highest BCUT2D eigenvalue weighted by molar-refractivity contribution is 7.89. The highest BCUT2D eigenvalue weighted by Gasteiger charge is 2.35. The number of likely N-dealkylation sites (tertiary alicyclic amines) is 2. The summed E-state index contributed by atoms with van der Waals surface area (Å²) in [7, 11) is -5.17. The average Bonchev–Trinajstić information content (AvgIpc) is 3.13. The normalized spacial score (nSPS) is 23.6. The lowest BCUT2D eigenvalue weighted by Crippen LogP contribution is -2.51. The molecule has 4 fully saturated rings. The molecule has 4 saturated heterocycles. The summed E-state index contributed by atoms with van der Waals surface area (Å²) in [5.41, 5.74) is 0. The van der Waals surface area contributed by atoms with Crippen LogP contribution >= 0.6 is 0 Å². The molecule has 0 bridgehead atoms. The minimum Gasteiger partial charge on any atom is -0.497 e. The van der Waals surface area contributed by atoms with Crippen LogP contribution in [0.4, 0.5) is 0 Å². The molecule has 0 amide bonds. The third-order valence-electron chi connectivity index (χ3n) is 10.8. The van der Waals surface area contributed by atoms with Crippen LogP contribution in [0.1, 0.15) is 71.1 Å². The van der Waals surface area contributed by atoms with E-state index in [4.69, 9.17) is 11.2 Å². The minimum absolute atomic E-state index is 0.355. The maximum absolute atomic E-state index is 12.8. The van der Waals surface area contributed by atoms with Crippen molar-refractivity contribution >= 4 is 20.0 Å². The third-order valence-corrected chi connectivity index (χ3v) is 14.6. The van der Waals surface area contributed by atoms with Gasteiger partial charge in [-0.2, -0.15) is 8.61 Å². The van der Waals surface area contributed by atoms with E-state index in [0.29, 0.717) is 59.8 Å². The van der Waals surface area contributed by atoms with Crippen LogP contribution in [-0.2, 0) is 20.0 Å². The molecular formula is C37H54N4O5S2. The molecule has 4 aliphatic heterocycles. The summed E-state index contributed by atoms with van der Waals surface area (Å²) >= 11 is 0. The molecule has 48 heavy (non-hydrogen) atoms. The van der Waals surface area contributed by atoms with E-state index < -0.39 is 20.0 Å². The van der Waals surface area contributed by atoms with E-state index in [-0.39, 0.29) is 0 Å². The molecule has 1 atom stereocenters. The number of methoxy groups -OCH3 is 1. The predicted octanol–water partition coefficient (Wildman–Crippen LogP) is 5.30.